The second kappa shape index (κ2) is 7.59. The molecule has 0 aliphatic rings. The lowest BCUT2D eigenvalue weighted by Gasteiger charge is -2.16. The van der Waals surface area contributed by atoms with E-state index in [0.717, 1.165) is 11.0 Å². The van der Waals surface area contributed by atoms with Gasteiger partial charge in [-0.25, -0.2) is 9.07 Å². The van der Waals surface area contributed by atoms with Crippen LogP contribution in [0, 0.1) is 10.6 Å². The van der Waals surface area contributed by atoms with Crippen molar-refractivity contribution in [2.75, 3.05) is 7.05 Å². The highest BCUT2D eigenvalue weighted by Gasteiger charge is 2.14. The van der Waals surface area contributed by atoms with E-state index in [-0.39, 0.29) is 5.82 Å². The van der Waals surface area contributed by atoms with Crippen LogP contribution in [0.2, 0.25) is 0 Å². The van der Waals surface area contributed by atoms with Gasteiger partial charge >= 0.3 is 0 Å². The molecular formula is C18H18BrFN4S. The molecule has 0 unspecified atom stereocenters. The molecule has 1 heterocycles. The van der Waals surface area contributed by atoms with E-state index in [0.29, 0.717) is 22.8 Å². The second-order valence-electron chi connectivity index (χ2n) is 5.93. The summed E-state index contributed by atoms with van der Waals surface area (Å²) in [5.74, 6) is 0.223. The highest BCUT2D eigenvalue weighted by Crippen LogP contribution is 2.21. The minimum Gasteiger partial charge on any atom is -0.303 e. The third-order valence-corrected chi connectivity index (χ3v) is 4.91. The number of nitrogens with zero attached hydrogens (tertiary/aromatic N) is 4. The van der Waals surface area contributed by atoms with Gasteiger partial charge in [0.05, 0.1) is 12.2 Å². The number of aromatic nitrogens is 3. The van der Waals surface area contributed by atoms with E-state index in [4.69, 9.17) is 12.2 Å². The Labute approximate surface area is 159 Å². The van der Waals surface area contributed by atoms with Crippen molar-refractivity contribution in [1.29, 1.82) is 0 Å². The molecule has 0 saturated carbocycles. The van der Waals surface area contributed by atoms with Gasteiger partial charge in [0.15, 0.2) is 10.6 Å². The molecule has 0 amide bonds. The SMILES string of the molecule is CN(Cc1ccc(Br)cc1)Cn1nc(-c2ccccc2F)n(C)c1=S. The summed E-state index contributed by atoms with van der Waals surface area (Å²) in [6.07, 6.45) is 0. The average Bonchev–Trinajstić information content (AvgIpc) is 2.86. The van der Waals surface area contributed by atoms with E-state index >= 15 is 0 Å². The van der Waals surface area contributed by atoms with Crippen molar-refractivity contribution >= 4 is 28.1 Å². The van der Waals surface area contributed by atoms with Gasteiger partial charge in [-0.3, -0.25) is 4.90 Å². The molecular weight excluding hydrogens is 403 g/mol. The van der Waals surface area contributed by atoms with Gasteiger partial charge in [0.2, 0.25) is 0 Å². The summed E-state index contributed by atoms with van der Waals surface area (Å²) in [5, 5.41) is 4.52. The zero-order valence-corrected chi connectivity index (χ0v) is 16.4. The van der Waals surface area contributed by atoms with Crippen LogP contribution in [0.1, 0.15) is 5.56 Å². The topological polar surface area (TPSA) is 26.0 Å². The first kappa shape index (κ1) is 18.0. The van der Waals surface area contributed by atoms with Crippen LogP contribution >= 0.6 is 28.1 Å². The molecule has 25 heavy (non-hydrogen) atoms. The molecule has 7 heteroatoms. The van der Waals surface area contributed by atoms with Crippen molar-refractivity contribution < 1.29 is 4.39 Å². The quantitative estimate of drug-likeness (QED) is 0.563. The molecule has 4 nitrogen and oxygen atoms in total. The molecule has 0 atom stereocenters. The molecule has 0 saturated heterocycles. The van der Waals surface area contributed by atoms with Crippen LogP contribution in [0.25, 0.3) is 11.4 Å². The summed E-state index contributed by atoms with van der Waals surface area (Å²) < 4.78 is 19.1. The first-order chi connectivity index (χ1) is 12.0. The predicted octanol–water partition coefficient (Wildman–Crippen LogP) is 4.61. The normalized spacial score (nSPS) is 11.2. The number of hydrogen-bond donors (Lipinski definition) is 0. The molecule has 0 radical (unpaired) electrons. The fourth-order valence-corrected chi connectivity index (χ4v) is 3.09. The van der Waals surface area contributed by atoms with Gasteiger partial charge in [-0.1, -0.05) is 40.2 Å². The van der Waals surface area contributed by atoms with Crippen LogP contribution in [0.15, 0.2) is 53.0 Å². The predicted molar refractivity (Wildman–Crippen MR) is 103 cm³/mol. The summed E-state index contributed by atoms with van der Waals surface area (Å²) in [4.78, 5) is 2.11. The molecule has 130 valence electrons. The van der Waals surface area contributed by atoms with Crippen molar-refractivity contribution in [3.63, 3.8) is 0 Å². The standard InChI is InChI=1S/C18H18BrFN4S/c1-22(11-13-7-9-14(19)10-8-13)12-24-18(25)23(2)17(21-24)15-5-3-4-6-16(15)20/h3-10H,11-12H2,1-2H3. The highest BCUT2D eigenvalue weighted by atomic mass is 79.9. The second-order valence-corrected chi connectivity index (χ2v) is 7.21. The molecule has 0 bridgehead atoms. The van der Waals surface area contributed by atoms with Crippen LogP contribution in [-0.4, -0.2) is 26.3 Å². The van der Waals surface area contributed by atoms with Crippen LogP contribution in [0.5, 0.6) is 0 Å². The Kier molecular flexibility index (Phi) is 5.46. The smallest absolute Gasteiger partial charge is 0.199 e. The largest absolute Gasteiger partial charge is 0.303 e. The number of hydrogen-bond acceptors (Lipinski definition) is 3. The van der Waals surface area contributed by atoms with Crippen molar-refractivity contribution in [3.8, 4) is 11.4 Å². The Morgan fingerprint density at radius 1 is 1.16 bits per heavy atom. The monoisotopic (exact) mass is 420 g/mol. The minimum absolute atomic E-state index is 0.305. The Balaban J connectivity index is 1.81. The molecule has 0 aliphatic carbocycles. The Hall–Kier alpha value is -1.83. The summed E-state index contributed by atoms with van der Waals surface area (Å²) in [6, 6.07) is 14.8. The summed E-state index contributed by atoms with van der Waals surface area (Å²) in [7, 11) is 3.81. The summed E-state index contributed by atoms with van der Waals surface area (Å²) >= 11 is 8.90. The van der Waals surface area contributed by atoms with Crippen LogP contribution in [-0.2, 0) is 20.3 Å². The third-order valence-electron chi connectivity index (χ3n) is 3.90. The molecule has 0 fully saturated rings. The third kappa shape index (κ3) is 4.05. The van der Waals surface area contributed by atoms with Crippen molar-refractivity contribution in [2.24, 2.45) is 7.05 Å². The van der Waals surface area contributed by atoms with E-state index in [1.807, 2.05) is 26.2 Å². The minimum atomic E-state index is -0.305. The lowest BCUT2D eigenvalue weighted by atomic mass is 10.2. The molecule has 0 spiro atoms. The van der Waals surface area contributed by atoms with E-state index < -0.39 is 0 Å². The van der Waals surface area contributed by atoms with Gasteiger partial charge in [-0.15, -0.1) is 0 Å². The van der Waals surface area contributed by atoms with Gasteiger partial charge in [0.1, 0.15) is 5.82 Å². The Morgan fingerprint density at radius 3 is 2.52 bits per heavy atom. The first-order valence-corrected chi connectivity index (χ1v) is 8.97. The van der Waals surface area contributed by atoms with Crippen molar-refractivity contribution in [2.45, 2.75) is 13.2 Å². The maximum absolute atomic E-state index is 14.1. The van der Waals surface area contributed by atoms with Crippen LogP contribution in [0.4, 0.5) is 4.39 Å². The summed E-state index contributed by atoms with van der Waals surface area (Å²) in [6.45, 7) is 1.29. The van der Waals surface area contributed by atoms with Crippen molar-refractivity contribution in [1.82, 2.24) is 19.2 Å². The highest BCUT2D eigenvalue weighted by molar-refractivity contribution is 9.10. The lowest BCUT2D eigenvalue weighted by molar-refractivity contribution is 0.244. The zero-order chi connectivity index (χ0) is 18.0. The maximum Gasteiger partial charge on any atom is 0.199 e. The molecule has 1 aromatic heterocycles. The fourth-order valence-electron chi connectivity index (χ4n) is 2.64. The average molecular weight is 421 g/mol. The first-order valence-electron chi connectivity index (χ1n) is 7.77. The Morgan fingerprint density at radius 2 is 1.84 bits per heavy atom. The van der Waals surface area contributed by atoms with Gasteiger partial charge in [0, 0.05) is 18.1 Å². The van der Waals surface area contributed by atoms with Gasteiger partial charge in [-0.05, 0) is 49.1 Å². The van der Waals surface area contributed by atoms with Crippen LogP contribution in [0.3, 0.4) is 0 Å². The van der Waals surface area contributed by atoms with Crippen LogP contribution < -0.4 is 0 Å². The number of rotatable bonds is 5. The Bertz CT molecular complexity index is 933. The number of benzene rings is 2. The lowest BCUT2D eigenvalue weighted by Crippen LogP contribution is -2.22. The van der Waals surface area contributed by atoms with Gasteiger partial charge in [0.25, 0.3) is 0 Å². The molecule has 0 N–H and O–H groups in total. The van der Waals surface area contributed by atoms with E-state index in [1.165, 1.54) is 11.6 Å². The van der Waals surface area contributed by atoms with E-state index in [2.05, 4.69) is 38.1 Å². The van der Waals surface area contributed by atoms with Crippen molar-refractivity contribution in [3.05, 3.63) is 69.2 Å². The molecule has 3 rings (SSSR count). The fraction of sp³-hybridized carbons (Fsp3) is 0.222. The number of halogens is 2. The molecule has 0 aliphatic heterocycles. The van der Waals surface area contributed by atoms with E-state index in [1.54, 1.807) is 27.4 Å². The molecule has 3 aromatic rings. The molecule has 2 aromatic carbocycles. The zero-order valence-electron chi connectivity index (χ0n) is 14.0. The van der Waals surface area contributed by atoms with Gasteiger partial charge in [-0.2, -0.15) is 5.10 Å². The maximum atomic E-state index is 14.1. The summed E-state index contributed by atoms with van der Waals surface area (Å²) in [5.41, 5.74) is 1.65. The van der Waals surface area contributed by atoms with E-state index in [9.17, 15) is 4.39 Å². The van der Waals surface area contributed by atoms with Gasteiger partial charge < -0.3 is 4.57 Å².